The standard InChI is InChI=1S/C8H15N3O4/c1-9-8(15)10-6(12)3-4-11(2)5-7(13)14/h3-5H2,1-2H3,(H,13,14)(H2,9,10,12,15). The van der Waals surface area contributed by atoms with Crippen molar-refractivity contribution in [1.82, 2.24) is 15.5 Å². The zero-order valence-corrected chi connectivity index (χ0v) is 8.74. The Kier molecular flexibility index (Phi) is 6.03. The number of carboxylic acid groups (broad SMARTS) is 1. The van der Waals surface area contributed by atoms with Gasteiger partial charge in [0, 0.05) is 20.0 Å². The molecule has 0 aliphatic heterocycles. The van der Waals surface area contributed by atoms with Gasteiger partial charge in [-0.2, -0.15) is 0 Å². The number of amides is 3. The van der Waals surface area contributed by atoms with Crippen molar-refractivity contribution in [1.29, 1.82) is 0 Å². The van der Waals surface area contributed by atoms with Gasteiger partial charge in [-0.1, -0.05) is 0 Å². The molecule has 0 heterocycles. The molecule has 0 radical (unpaired) electrons. The third kappa shape index (κ3) is 7.44. The zero-order valence-electron chi connectivity index (χ0n) is 8.74. The van der Waals surface area contributed by atoms with Crippen LogP contribution < -0.4 is 10.6 Å². The fraction of sp³-hybridized carbons (Fsp3) is 0.625. The van der Waals surface area contributed by atoms with E-state index in [2.05, 4.69) is 10.6 Å². The summed E-state index contributed by atoms with van der Waals surface area (Å²) >= 11 is 0. The van der Waals surface area contributed by atoms with Crippen LogP contribution in [0.5, 0.6) is 0 Å². The Morgan fingerprint density at radius 1 is 1.33 bits per heavy atom. The fourth-order valence-electron chi connectivity index (χ4n) is 0.854. The maximum absolute atomic E-state index is 11.1. The minimum absolute atomic E-state index is 0.0806. The second-order valence-corrected chi connectivity index (χ2v) is 3.01. The van der Waals surface area contributed by atoms with Gasteiger partial charge in [-0.25, -0.2) is 4.79 Å². The van der Waals surface area contributed by atoms with E-state index in [0.29, 0.717) is 0 Å². The molecule has 3 amide bonds. The number of carbonyl (C=O) groups is 3. The van der Waals surface area contributed by atoms with Crippen LogP contribution >= 0.6 is 0 Å². The molecule has 0 aromatic heterocycles. The van der Waals surface area contributed by atoms with Crippen LogP contribution in [0.2, 0.25) is 0 Å². The molecule has 0 aromatic carbocycles. The van der Waals surface area contributed by atoms with Crippen molar-refractivity contribution in [3.8, 4) is 0 Å². The fourth-order valence-corrected chi connectivity index (χ4v) is 0.854. The first-order valence-electron chi connectivity index (χ1n) is 4.37. The molecule has 0 unspecified atom stereocenters. The summed E-state index contributed by atoms with van der Waals surface area (Å²) in [5, 5.41) is 12.7. The lowest BCUT2D eigenvalue weighted by Crippen LogP contribution is -2.39. The molecular weight excluding hydrogens is 202 g/mol. The lowest BCUT2D eigenvalue weighted by molar-refractivity contribution is -0.138. The van der Waals surface area contributed by atoms with Gasteiger partial charge < -0.3 is 10.4 Å². The number of nitrogens with zero attached hydrogens (tertiary/aromatic N) is 1. The SMILES string of the molecule is CNC(=O)NC(=O)CCN(C)CC(=O)O. The quantitative estimate of drug-likeness (QED) is 0.540. The number of hydrogen-bond donors (Lipinski definition) is 3. The molecular formula is C8H15N3O4. The highest BCUT2D eigenvalue weighted by molar-refractivity contribution is 5.94. The Morgan fingerprint density at radius 3 is 2.40 bits per heavy atom. The van der Waals surface area contributed by atoms with Crippen molar-refractivity contribution in [3.05, 3.63) is 0 Å². The summed E-state index contributed by atoms with van der Waals surface area (Å²) in [5.41, 5.74) is 0. The summed E-state index contributed by atoms with van der Waals surface area (Å²) in [5.74, 6) is -1.39. The van der Waals surface area contributed by atoms with E-state index in [1.54, 1.807) is 7.05 Å². The summed E-state index contributed by atoms with van der Waals surface area (Å²) in [6.45, 7) is 0.155. The zero-order chi connectivity index (χ0) is 11.8. The molecule has 0 aliphatic rings. The Morgan fingerprint density at radius 2 is 1.93 bits per heavy atom. The molecule has 0 rings (SSSR count). The molecule has 0 bridgehead atoms. The van der Waals surface area contributed by atoms with Crippen molar-refractivity contribution in [3.63, 3.8) is 0 Å². The number of imide groups is 1. The smallest absolute Gasteiger partial charge is 0.321 e. The summed E-state index contributed by atoms with van der Waals surface area (Å²) < 4.78 is 0. The predicted molar refractivity (Wildman–Crippen MR) is 52.3 cm³/mol. The third-order valence-corrected chi connectivity index (χ3v) is 1.61. The van der Waals surface area contributed by atoms with Crippen molar-refractivity contribution in [2.45, 2.75) is 6.42 Å². The molecule has 0 atom stereocenters. The van der Waals surface area contributed by atoms with E-state index >= 15 is 0 Å². The lowest BCUT2D eigenvalue weighted by atomic mass is 10.3. The van der Waals surface area contributed by atoms with Gasteiger partial charge >= 0.3 is 12.0 Å². The van der Waals surface area contributed by atoms with Gasteiger partial charge in [-0.15, -0.1) is 0 Å². The van der Waals surface area contributed by atoms with Gasteiger partial charge in [0.15, 0.2) is 0 Å². The molecule has 15 heavy (non-hydrogen) atoms. The van der Waals surface area contributed by atoms with Crippen molar-refractivity contribution >= 4 is 17.9 Å². The van der Waals surface area contributed by atoms with Crippen LogP contribution in [-0.4, -0.2) is 55.1 Å². The Bertz CT molecular complexity index is 254. The van der Waals surface area contributed by atoms with E-state index in [4.69, 9.17) is 5.11 Å². The first-order valence-corrected chi connectivity index (χ1v) is 4.37. The summed E-state index contributed by atoms with van der Waals surface area (Å²) in [4.78, 5) is 33.5. The molecule has 0 saturated heterocycles. The number of hydrogen-bond acceptors (Lipinski definition) is 4. The summed E-state index contributed by atoms with van der Waals surface area (Å²) in [6, 6.07) is -0.569. The highest BCUT2D eigenvalue weighted by Gasteiger charge is 2.09. The predicted octanol–water partition coefficient (Wildman–Crippen LogP) is -1.15. The normalized spacial score (nSPS) is 9.80. The summed E-state index contributed by atoms with van der Waals surface area (Å²) in [6.07, 6.45) is 0.0806. The van der Waals surface area contributed by atoms with E-state index in [9.17, 15) is 14.4 Å². The van der Waals surface area contributed by atoms with Gasteiger partial charge in [-0.05, 0) is 7.05 Å². The van der Waals surface area contributed by atoms with Crippen LogP contribution in [0.15, 0.2) is 0 Å². The molecule has 7 nitrogen and oxygen atoms in total. The molecule has 86 valence electrons. The topological polar surface area (TPSA) is 98.7 Å². The van der Waals surface area contributed by atoms with E-state index in [0.717, 1.165) is 0 Å². The van der Waals surface area contributed by atoms with E-state index in [1.807, 2.05) is 0 Å². The first-order chi connectivity index (χ1) is 6.95. The molecule has 0 aromatic rings. The minimum atomic E-state index is -0.954. The lowest BCUT2D eigenvalue weighted by Gasteiger charge is -2.12. The molecule has 0 aliphatic carbocycles. The van der Waals surface area contributed by atoms with Crippen LogP contribution in [0, 0.1) is 0 Å². The number of urea groups is 1. The molecule has 3 N–H and O–H groups in total. The number of likely N-dealkylation sites (N-methyl/N-ethyl adjacent to an activating group) is 1. The van der Waals surface area contributed by atoms with E-state index in [-0.39, 0.29) is 19.5 Å². The second-order valence-electron chi connectivity index (χ2n) is 3.01. The van der Waals surface area contributed by atoms with Crippen LogP contribution in [0.25, 0.3) is 0 Å². The number of aliphatic carboxylic acids is 1. The van der Waals surface area contributed by atoms with Gasteiger partial charge in [0.25, 0.3) is 0 Å². The molecule has 0 fully saturated rings. The average Bonchev–Trinajstić information content (AvgIpc) is 2.13. The Balaban J connectivity index is 3.70. The second kappa shape index (κ2) is 6.77. The van der Waals surface area contributed by atoms with Crippen LogP contribution in [0.4, 0.5) is 4.79 Å². The summed E-state index contributed by atoms with van der Waals surface area (Å²) in [7, 11) is 2.99. The first kappa shape index (κ1) is 13.4. The van der Waals surface area contributed by atoms with E-state index in [1.165, 1.54) is 11.9 Å². The molecule has 0 spiro atoms. The van der Waals surface area contributed by atoms with E-state index < -0.39 is 17.9 Å². The van der Waals surface area contributed by atoms with Gasteiger partial charge in [0.2, 0.25) is 5.91 Å². The van der Waals surface area contributed by atoms with Crippen LogP contribution in [-0.2, 0) is 9.59 Å². The van der Waals surface area contributed by atoms with Crippen LogP contribution in [0.3, 0.4) is 0 Å². The third-order valence-electron chi connectivity index (χ3n) is 1.61. The highest BCUT2D eigenvalue weighted by atomic mass is 16.4. The number of rotatable bonds is 5. The maximum Gasteiger partial charge on any atom is 0.321 e. The maximum atomic E-state index is 11.1. The van der Waals surface area contributed by atoms with Crippen molar-refractivity contribution in [2.24, 2.45) is 0 Å². The number of carboxylic acids is 1. The largest absolute Gasteiger partial charge is 0.480 e. The van der Waals surface area contributed by atoms with Gasteiger partial charge in [-0.3, -0.25) is 19.8 Å². The van der Waals surface area contributed by atoms with Gasteiger partial charge in [0.05, 0.1) is 6.54 Å². The molecule has 7 heteroatoms. The van der Waals surface area contributed by atoms with Crippen molar-refractivity contribution in [2.75, 3.05) is 27.2 Å². The molecule has 0 saturated carbocycles. The van der Waals surface area contributed by atoms with Gasteiger partial charge in [0.1, 0.15) is 0 Å². The Hall–Kier alpha value is -1.63. The Labute approximate surface area is 87.4 Å². The van der Waals surface area contributed by atoms with Crippen molar-refractivity contribution < 1.29 is 19.5 Å². The highest BCUT2D eigenvalue weighted by Crippen LogP contribution is 1.87. The average molecular weight is 217 g/mol. The monoisotopic (exact) mass is 217 g/mol. The number of nitrogens with one attached hydrogen (secondary N) is 2. The minimum Gasteiger partial charge on any atom is -0.480 e. The van der Waals surface area contributed by atoms with Crippen LogP contribution in [0.1, 0.15) is 6.42 Å². The number of carbonyl (C=O) groups excluding carboxylic acids is 2.